The highest BCUT2D eigenvalue weighted by Crippen LogP contribution is 2.40. The van der Waals surface area contributed by atoms with Crippen molar-refractivity contribution in [1.29, 1.82) is 0 Å². The smallest absolute Gasteiger partial charge is 0.248 e. The van der Waals surface area contributed by atoms with Crippen molar-refractivity contribution >= 4 is 10.8 Å². The SMILES string of the molecule is Cc1[nH]c([C@H]2CCCC(F)(F)C2)cc(=O)c1S(C)=O. The lowest BCUT2D eigenvalue weighted by Gasteiger charge is -2.29. The molecule has 6 heteroatoms. The van der Waals surface area contributed by atoms with Gasteiger partial charge in [-0.15, -0.1) is 0 Å². The molecule has 1 aliphatic carbocycles. The zero-order valence-electron chi connectivity index (χ0n) is 11.0. The number of rotatable bonds is 2. The molecule has 3 nitrogen and oxygen atoms in total. The molecule has 0 saturated heterocycles. The standard InChI is InChI=1S/C13H17F2NO2S/c1-8-12(19(2)18)11(17)6-10(16-8)9-4-3-5-13(14,15)7-9/h6,9H,3-5,7H2,1-2H3,(H,16,17)/t9-,19?/m0/s1. The Morgan fingerprint density at radius 1 is 1.47 bits per heavy atom. The highest BCUT2D eigenvalue weighted by molar-refractivity contribution is 7.84. The van der Waals surface area contributed by atoms with E-state index >= 15 is 0 Å². The molecule has 1 aromatic rings. The fourth-order valence-corrected chi connectivity index (χ4v) is 3.54. The van der Waals surface area contributed by atoms with E-state index in [9.17, 15) is 17.8 Å². The van der Waals surface area contributed by atoms with Crippen LogP contribution in [0.1, 0.15) is 43.0 Å². The number of pyridine rings is 1. The van der Waals surface area contributed by atoms with E-state index in [1.165, 1.54) is 12.3 Å². The van der Waals surface area contributed by atoms with E-state index in [4.69, 9.17) is 0 Å². The van der Waals surface area contributed by atoms with Crippen molar-refractivity contribution in [2.45, 2.75) is 49.3 Å². The van der Waals surface area contributed by atoms with Gasteiger partial charge in [0.15, 0.2) is 5.43 Å². The van der Waals surface area contributed by atoms with E-state index in [0.717, 1.165) is 0 Å². The molecule has 1 heterocycles. The summed E-state index contributed by atoms with van der Waals surface area (Å²) in [6, 6.07) is 1.33. The highest BCUT2D eigenvalue weighted by Gasteiger charge is 2.37. The third kappa shape index (κ3) is 3.11. The van der Waals surface area contributed by atoms with Gasteiger partial charge in [-0.1, -0.05) is 0 Å². The van der Waals surface area contributed by atoms with Crippen LogP contribution >= 0.6 is 0 Å². The lowest BCUT2D eigenvalue weighted by Crippen LogP contribution is -2.26. The normalized spacial score (nSPS) is 24.1. The lowest BCUT2D eigenvalue weighted by atomic mass is 9.84. The molecule has 2 atom stereocenters. The Balaban J connectivity index is 2.37. The maximum Gasteiger partial charge on any atom is 0.248 e. The highest BCUT2D eigenvalue weighted by atomic mass is 32.2. The molecule has 1 N–H and O–H groups in total. The predicted octanol–water partition coefficient (Wildman–Crippen LogP) is 2.71. The second kappa shape index (κ2) is 5.15. The Morgan fingerprint density at radius 3 is 2.68 bits per heavy atom. The van der Waals surface area contributed by atoms with Crippen LogP contribution in [-0.2, 0) is 10.8 Å². The zero-order valence-corrected chi connectivity index (χ0v) is 11.8. The van der Waals surface area contributed by atoms with Gasteiger partial charge in [-0.3, -0.25) is 9.00 Å². The molecular weight excluding hydrogens is 272 g/mol. The van der Waals surface area contributed by atoms with Gasteiger partial charge in [0.2, 0.25) is 5.92 Å². The van der Waals surface area contributed by atoms with Gasteiger partial charge < -0.3 is 4.98 Å². The lowest BCUT2D eigenvalue weighted by molar-refractivity contribution is -0.0412. The number of hydrogen-bond donors (Lipinski definition) is 1. The first-order valence-corrected chi connectivity index (χ1v) is 7.81. The third-order valence-electron chi connectivity index (χ3n) is 3.55. The average Bonchev–Trinajstić information content (AvgIpc) is 2.25. The zero-order chi connectivity index (χ0) is 14.2. The molecule has 0 aliphatic heterocycles. The second-order valence-electron chi connectivity index (χ2n) is 5.15. The van der Waals surface area contributed by atoms with Crippen molar-refractivity contribution in [3.05, 3.63) is 27.7 Å². The number of H-pyrrole nitrogens is 1. The van der Waals surface area contributed by atoms with Crippen molar-refractivity contribution in [3.8, 4) is 0 Å². The molecule has 1 unspecified atom stereocenters. The van der Waals surface area contributed by atoms with E-state index in [2.05, 4.69) is 4.98 Å². The third-order valence-corrected chi connectivity index (χ3v) is 4.63. The van der Waals surface area contributed by atoms with Gasteiger partial charge >= 0.3 is 0 Å². The molecule has 0 bridgehead atoms. The molecule has 0 spiro atoms. The van der Waals surface area contributed by atoms with Crippen LogP contribution in [-0.4, -0.2) is 21.4 Å². The van der Waals surface area contributed by atoms with Crippen LogP contribution in [0.4, 0.5) is 8.78 Å². The molecule has 2 rings (SSSR count). The van der Waals surface area contributed by atoms with Crippen LogP contribution in [0.2, 0.25) is 0 Å². The first-order valence-electron chi connectivity index (χ1n) is 6.25. The summed E-state index contributed by atoms with van der Waals surface area (Å²) in [5.74, 6) is -2.98. The first kappa shape index (κ1) is 14.4. The Labute approximate surface area is 112 Å². The summed E-state index contributed by atoms with van der Waals surface area (Å²) in [6.45, 7) is 1.66. The van der Waals surface area contributed by atoms with Gasteiger partial charge in [0.25, 0.3) is 0 Å². The van der Waals surface area contributed by atoms with Crippen LogP contribution < -0.4 is 5.43 Å². The maximum absolute atomic E-state index is 13.4. The van der Waals surface area contributed by atoms with Gasteiger partial charge in [0, 0.05) is 42.5 Å². The number of alkyl halides is 2. The monoisotopic (exact) mass is 289 g/mol. The largest absolute Gasteiger partial charge is 0.361 e. The summed E-state index contributed by atoms with van der Waals surface area (Å²) in [4.78, 5) is 15.1. The number of nitrogens with one attached hydrogen (secondary N) is 1. The molecule has 0 radical (unpaired) electrons. The molecule has 0 aromatic carbocycles. The van der Waals surface area contributed by atoms with Gasteiger partial charge in [0.05, 0.1) is 10.8 Å². The number of aryl methyl sites for hydroxylation is 1. The number of halogens is 2. The maximum atomic E-state index is 13.4. The average molecular weight is 289 g/mol. The summed E-state index contributed by atoms with van der Waals surface area (Å²) in [7, 11) is -1.37. The summed E-state index contributed by atoms with van der Waals surface area (Å²) >= 11 is 0. The molecule has 0 amide bonds. The summed E-state index contributed by atoms with van der Waals surface area (Å²) in [5.41, 5.74) is 0.717. The van der Waals surface area contributed by atoms with E-state index in [1.807, 2.05) is 0 Å². The summed E-state index contributed by atoms with van der Waals surface area (Å²) in [6.07, 6.45) is 2.24. The fourth-order valence-electron chi connectivity index (χ4n) is 2.72. The number of aromatic nitrogens is 1. The van der Waals surface area contributed by atoms with E-state index < -0.39 is 16.7 Å². The quantitative estimate of drug-likeness (QED) is 0.910. The van der Waals surface area contributed by atoms with Crippen LogP contribution in [0, 0.1) is 6.92 Å². The van der Waals surface area contributed by atoms with Gasteiger partial charge in [-0.25, -0.2) is 8.78 Å². The van der Waals surface area contributed by atoms with Crippen molar-refractivity contribution in [1.82, 2.24) is 4.98 Å². The van der Waals surface area contributed by atoms with E-state index in [1.54, 1.807) is 6.92 Å². The fraction of sp³-hybridized carbons (Fsp3) is 0.615. The second-order valence-corrected chi connectivity index (χ2v) is 6.46. The minimum atomic E-state index is -2.65. The van der Waals surface area contributed by atoms with Crippen LogP contribution in [0.25, 0.3) is 0 Å². The van der Waals surface area contributed by atoms with Gasteiger partial charge in [-0.2, -0.15) is 0 Å². The van der Waals surface area contributed by atoms with Gasteiger partial charge in [0.1, 0.15) is 4.90 Å². The predicted molar refractivity (Wildman–Crippen MR) is 70.3 cm³/mol. The minimum absolute atomic E-state index is 0.0796. The molecular formula is C13H17F2NO2S. The Bertz CT molecular complexity index is 568. The minimum Gasteiger partial charge on any atom is -0.361 e. The van der Waals surface area contributed by atoms with E-state index in [-0.39, 0.29) is 29.1 Å². The van der Waals surface area contributed by atoms with Crippen LogP contribution in [0.15, 0.2) is 15.8 Å². The number of hydrogen-bond acceptors (Lipinski definition) is 2. The topological polar surface area (TPSA) is 49.9 Å². The molecule has 1 fully saturated rings. The molecule has 19 heavy (non-hydrogen) atoms. The van der Waals surface area contributed by atoms with Crippen molar-refractivity contribution in [3.63, 3.8) is 0 Å². The Hall–Kier alpha value is -1.04. The van der Waals surface area contributed by atoms with Crippen LogP contribution in [0.5, 0.6) is 0 Å². The Morgan fingerprint density at radius 2 is 2.16 bits per heavy atom. The van der Waals surface area contributed by atoms with Gasteiger partial charge in [-0.05, 0) is 19.8 Å². The van der Waals surface area contributed by atoms with Crippen LogP contribution in [0.3, 0.4) is 0 Å². The molecule has 1 saturated carbocycles. The number of aromatic amines is 1. The van der Waals surface area contributed by atoms with E-state index in [0.29, 0.717) is 24.2 Å². The Kier molecular flexibility index (Phi) is 3.90. The van der Waals surface area contributed by atoms with Crippen molar-refractivity contribution in [2.75, 3.05) is 6.26 Å². The first-order chi connectivity index (χ1) is 8.80. The summed E-state index contributed by atoms with van der Waals surface area (Å²) in [5, 5.41) is 0. The molecule has 106 valence electrons. The summed E-state index contributed by atoms with van der Waals surface area (Å²) < 4.78 is 38.3. The molecule has 1 aromatic heterocycles. The molecule has 1 aliphatic rings. The van der Waals surface area contributed by atoms with Crippen molar-refractivity contribution in [2.24, 2.45) is 0 Å². The van der Waals surface area contributed by atoms with Crippen molar-refractivity contribution < 1.29 is 13.0 Å².